The highest BCUT2D eigenvalue weighted by Gasteiger charge is 2.57. The molecule has 0 unspecified atom stereocenters. The number of halogens is 1. The molecule has 0 bridgehead atoms. The summed E-state index contributed by atoms with van der Waals surface area (Å²) in [4.78, 5) is 37.7. The summed E-state index contributed by atoms with van der Waals surface area (Å²) in [6.07, 6.45) is 0. The first-order chi connectivity index (χ1) is 11.5. The fourth-order valence-corrected chi connectivity index (χ4v) is 3.98. The van der Waals surface area contributed by atoms with Crippen LogP contribution < -0.4 is 0 Å². The van der Waals surface area contributed by atoms with Crippen molar-refractivity contribution < 1.29 is 24.6 Å². The third-order valence-corrected chi connectivity index (χ3v) is 5.57. The number of amides is 1. The number of thioether (sulfide) groups is 1. The monoisotopic (exact) mass is 385 g/mol. The molecule has 2 N–H and O–H groups in total. The molecule has 0 aromatic heterocycles. The van der Waals surface area contributed by atoms with Gasteiger partial charge in [0.05, 0.1) is 17.6 Å². The molecule has 3 atom stereocenters. The zero-order valence-corrected chi connectivity index (χ0v) is 15.7. The Morgan fingerprint density at radius 2 is 1.88 bits per heavy atom. The summed E-state index contributed by atoms with van der Waals surface area (Å²) in [5.74, 6) is -3.04. The molecule has 0 aliphatic carbocycles. The van der Waals surface area contributed by atoms with Crippen LogP contribution in [0, 0.1) is 11.8 Å². The molecule has 6 nitrogen and oxygen atoms in total. The Morgan fingerprint density at radius 1 is 1.32 bits per heavy atom. The van der Waals surface area contributed by atoms with E-state index in [1.807, 2.05) is 0 Å². The van der Waals surface area contributed by atoms with E-state index in [9.17, 15) is 19.5 Å². The van der Waals surface area contributed by atoms with Crippen LogP contribution in [0.1, 0.15) is 20.8 Å². The summed E-state index contributed by atoms with van der Waals surface area (Å²) in [5, 5.41) is 19.6. The maximum absolute atomic E-state index is 12.6. The van der Waals surface area contributed by atoms with Crippen LogP contribution in [0.3, 0.4) is 0 Å². The molecule has 0 saturated carbocycles. The highest BCUT2D eigenvalue weighted by atomic mass is 35.5. The minimum atomic E-state index is -1.34. The third-order valence-electron chi connectivity index (χ3n) is 4.23. The largest absolute Gasteiger partial charge is 0.480 e. The van der Waals surface area contributed by atoms with Crippen LogP contribution in [0.2, 0.25) is 5.02 Å². The zero-order chi connectivity index (χ0) is 18.9. The molecule has 1 aromatic rings. The first kappa shape index (κ1) is 19.8. The fourth-order valence-electron chi connectivity index (χ4n) is 3.03. The van der Waals surface area contributed by atoms with Crippen LogP contribution in [0.15, 0.2) is 29.2 Å². The number of likely N-dealkylation sites (tertiary alicyclic amines) is 1. The first-order valence-corrected chi connectivity index (χ1v) is 8.93. The van der Waals surface area contributed by atoms with Gasteiger partial charge in [-0.2, -0.15) is 0 Å². The van der Waals surface area contributed by atoms with Crippen molar-refractivity contribution in [2.24, 2.45) is 11.8 Å². The summed E-state index contributed by atoms with van der Waals surface area (Å²) in [6, 6.07) is 6.12. The van der Waals surface area contributed by atoms with Gasteiger partial charge in [-0.1, -0.05) is 30.3 Å². The lowest BCUT2D eigenvalue weighted by molar-refractivity contribution is -0.182. The maximum Gasteiger partial charge on any atom is 0.323 e. The number of carboxylic acids is 1. The number of β-lactam (4-membered cyclic amide) rings is 1. The van der Waals surface area contributed by atoms with Crippen LogP contribution in [0.5, 0.6) is 0 Å². The van der Waals surface area contributed by atoms with Gasteiger partial charge >= 0.3 is 5.97 Å². The Hall–Kier alpha value is -1.57. The highest BCUT2D eigenvalue weighted by Crippen LogP contribution is 2.41. The molecule has 25 heavy (non-hydrogen) atoms. The smallest absolute Gasteiger partial charge is 0.323 e. The molecule has 1 heterocycles. The molecule has 1 saturated heterocycles. The van der Waals surface area contributed by atoms with Gasteiger partial charge in [-0.05, 0) is 38.1 Å². The second kappa shape index (κ2) is 7.35. The number of carbonyl (C=O) groups is 3. The second-order valence-electron chi connectivity index (χ2n) is 6.65. The number of nitrogens with zero attached hydrogens (tertiary/aromatic N) is 1. The van der Waals surface area contributed by atoms with Gasteiger partial charge in [0.15, 0.2) is 5.12 Å². The van der Waals surface area contributed by atoms with E-state index in [-0.39, 0.29) is 5.12 Å². The average Bonchev–Trinajstić information content (AvgIpc) is 2.50. The number of rotatable bonds is 6. The van der Waals surface area contributed by atoms with Gasteiger partial charge in [0, 0.05) is 15.8 Å². The van der Waals surface area contributed by atoms with Crippen molar-refractivity contribution in [3.63, 3.8) is 0 Å². The summed E-state index contributed by atoms with van der Waals surface area (Å²) in [7, 11) is 0. The summed E-state index contributed by atoms with van der Waals surface area (Å²) >= 11 is 6.83. The van der Waals surface area contributed by atoms with Crippen LogP contribution in [-0.2, 0) is 14.4 Å². The Kier molecular flexibility index (Phi) is 5.81. The molecule has 1 fully saturated rings. The molecule has 1 aliphatic rings. The zero-order valence-electron chi connectivity index (χ0n) is 14.1. The fraction of sp³-hybridized carbons (Fsp3) is 0.471. The molecule has 1 aromatic carbocycles. The quantitative estimate of drug-likeness (QED) is 0.576. The normalized spacial score (nSPS) is 21.6. The van der Waals surface area contributed by atoms with Gasteiger partial charge in [-0.15, -0.1) is 0 Å². The van der Waals surface area contributed by atoms with E-state index >= 15 is 0 Å². The molecule has 136 valence electrons. The molecular weight excluding hydrogens is 366 g/mol. The summed E-state index contributed by atoms with van der Waals surface area (Å²) in [6.45, 7) is 4.14. The Labute approximate surface area is 155 Å². The third kappa shape index (κ3) is 4.34. The molecule has 2 rings (SSSR count). The van der Waals surface area contributed by atoms with E-state index < -0.39 is 41.9 Å². The average molecular weight is 386 g/mol. The van der Waals surface area contributed by atoms with E-state index in [1.54, 1.807) is 31.2 Å². The van der Waals surface area contributed by atoms with Crippen LogP contribution in [-0.4, -0.2) is 50.3 Å². The number of aliphatic hydroxyl groups is 1. The van der Waals surface area contributed by atoms with Crippen molar-refractivity contribution >= 4 is 40.4 Å². The highest BCUT2D eigenvalue weighted by molar-refractivity contribution is 8.13. The van der Waals surface area contributed by atoms with Crippen molar-refractivity contribution in [1.82, 2.24) is 4.90 Å². The Morgan fingerprint density at radius 3 is 2.36 bits per heavy atom. The lowest BCUT2D eigenvalue weighted by Gasteiger charge is -2.52. The number of aliphatic carboxylic acids is 1. The van der Waals surface area contributed by atoms with Crippen LogP contribution >= 0.6 is 23.4 Å². The molecule has 1 amide bonds. The van der Waals surface area contributed by atoms with E-state index in [1.165, 1.54) is 13.8 Å². The van der Waals surface area contributed by atoms with Gasteiger partial charge in [0.1, 0.15) is 6.54 Å². The predicted molar refractivity (Wildman–Crippen MR) is 94.4 cm³/mol. The molecule has 8 heteroatoms. The van der Waals surface area contributed by atoms with Crippen molar-refractivity contribution in [2.75, 3.05) is 6.54 Å². The van der Waals surface area contributed by atoms with Gasteiger partial charge in [0.2, 0.25) is 5.91 Å². The van der Waals surface area contributed by atoms with Crippen LogP contribution in [0.4, 0.5) is 0 Å². The minimum Gasteiger partial charge on any atom is -0.480 e. The van der Waals surface area contributed by atoms with E-state index in [2.05, 4.69) is 0 Å². The molecular formula is C17H20ClNO5S. The molecule has 0 spiro atoms. The SMILES string of the molecule is C[C@@H](C(=O)Sc1ccc(Cl)cc1)[C@@H]1[C@@H](C(C)(C)O)C(=O)N1CC(=O)O. The minimum absolute atomic E-state index is 0.204. The topological polar surface area (TPSA) is 94.9 Å². The van der Waals surface area contributed by atoms with Gasteiger partial charge in [-0.3, -0.25) is 14.4 Å². The number of carbonyl (C=O) groups excluding carboxylic acids is 2. The maximum atomic E-state index is 12.6. The number of benzene rings is 1. The second-order valence-corrected chi connectivity index (χ2v) is 8.16. The Bertz CT molecular complexity index is 685. The van der Waals surface area contributed by atoms with E-state index in [4.69, 9.17) is 16.7 Å². The Balaban J connectivity index is 2.18. The standard InChI is InChI=1S/C17H20ClNO5S/c1-9(16(23)25-11-6-4-10(18)5-7-11)14-13(17(2,3)24)15(22)19(14)8-12(20)21/h4-7,9,13-14,24H,8H2,1-3H3,(H,20,21)/t9-,13-,14-/m1/s1. The molecule has 1 aliphatic heterocycles. The van der Waals surface area contributed by atoms with Crippen molar-refractivity contribution in [3.8, 4) is 0 Å². The summed E-state index contributed by atoms with van der Waals surface area (Å²) < 4.78 is 0. The predicted octanol–water partition coefficient (Wildman–Crippen LogP) is 2.28. The van der Waals surface area contributed by atoms with E-state index in [0.717, 1.165) is 16.7 Å². The van der Waals surface area contributed by atoms with Gasteiger partial charge in [0.25, 0.3) is 0 Å². The van der Waals surface area contributed by atoms with Crippen molar-refractivity contribution in [2.45, 2.75) is 37.3 Å². The van der Waals surface area contributed by atoms with Crippen molar-refractivity contribution in [3.05, 3.63) is 29.3 Å². The van der Waals surface area contributed by atoms with Crippen molar-refractivity contribution in [1.29, 1.82) is 0 Å². The first-order valence-electron chi connectivity index (χ1n) is 7.74. The summed E-state index contributed by atoms with van der Waals surface area (Å²) in [5.41, 5.74) is -1.34. The lowest BCUT2D eigenvalue weighted by Crippen LogP contribution is -2.70. The van der Waals surface area contributed by atoms with E-state index in [0.29, 0.717) is 9.92 Å². The van der Waals surface area contributed by atoms with Gasteiger partial charge in [-0.25, -0.2) is 0 Å². The lowest BCUT2D eigenvalue weighted by atomic mass is 9.71. The van der Waals surface area contributed by atoms with Gasteiger partial charge < -0.3 is 15.1 Å². The number of carboxylic acid groups (broad SMARTS) is 1. The number of hydrogen-bond donors (Lipinski definition) is 2. The number of hydrogen-bond acceptors (Lipinski definition) is 5. The van der Waals surface area contributed by atoms with Crippen LogP contribution in [0.25, 0.3) is 0 Å². The molecule has 0 radical (unpaired) electrons.